The number of benzene rings is 2. The van der Waals surface area contributed by atoms with Crippen LogP contribution in [-0.2, 0) is 0 Å². The van der Waals surface area contributed by atoms with E-state index in [1.54, 1.807) is 47.8 Å². The number of hydrogen-bond acceptors (Lipinski definition) is 4. The number of carbonyl (C=O) groups excluding carboxylic acids is 1. The third-order valence-electron chi connectivity index (χ3n) is 3.53. The predicted octanol–water partition coefficient (Wildman–Crippen LogP) is 5.86. The molecule has 0 amide bonds. The Kier molecular flexibility index (Phi) is 5.40. The number of nitriles is 1. The number of rotatable bonds is 5. The number of ether oxygens (including phenoxy) is 1. The molecule has 1 heterocycles. The Hall–Kier alpha value is -2.32. The van der Waals surface area contributed by atoms with Gasteiger partial charge in [-0.25, -0.2) is 0 Å². The van der Waals surface area contributed by atoms with Crippen LogP contribution in [0.1, 0.15) is 15.9 Å². The van der Waals surface area contributed by atoms with Gasteiger partial charge in [0.1, 0.15) is 11.6 Å². The fourth-order valence-corrected chi connectivity index (χ4v) is 3.44. The summed E-state index contributed by atoms with van der Waals surface area (Å²) in [7, 11) is 0. The highest BCUT2D eigenvalue weighted by Crippen LogP contribution is 2.38. The molecule has 0 saturated carbocycles. The van der Waals surface area contributed by atoms with Crippen molar-refractivity contribution in [3.63, 3.8) is 0 Å². The summed E-state index contributed by atoms with van der Waals surface area (Å²) >= 11 is 13.3. The van der Waals surface area contributed by atoms with Crippen LogP contribution in [-0.4, -0.2) is 12.4 Å². The fourth-order valence-electron chi connectivity index (χ4n) is 2.27. The van der Waals surface area contributed by atoms with Crippen LogP contribution in [0.5, 0.6) is 5.06 Å². The van der Waals surface area contributed by atoms with E-state index in [0.717, 1.165) is 5.56 Å². The monoisotopic (exact) mass is 387 g/mol. The number of carbonyl (C=O) groups is 1. The third kappa shape index (κ3) is 3.85. The van der Waals surface area contributed by atoms with Gasteiger partial charge in [0.25, 0.3) is 0 Å². The van der Waals surface area contributed by atoms with Gasteiger partial charge in [-0.1, -0.05) is 59.6 Å². The number of Topliss-reactive ketones (excluding diaryl/α,β-unsaturated/α-hetero) is 1. The second-order valence-electron chi connectivity index (χ2n) is 5.13. The minimum absolute atomic E-state index is 0.125. The van der Waals surface area contributed by atoms with Crippen LogP contribution in [0.3, 0.4) is 0 Å². The molecule has 2 aromatic carbocycles. The molecule has 0 fully saturated rings. The van der Waals surface area contributed by atoms with Crippen molar-refractivity contribution in [3.05, 3.63) is 75.1 Å². The van der Waals surface area contributed by atoms with Gasteiger partial charge in [0.05, 0.1) is 10.0 Å². The summed E-state index contributed by atoms with van der Waals surface area (Å²) in [5.41, 5.74) is 2.42. The molecule has 0 atom stereocenters. The van der Waals surface area contributed by atoms with Crippen LogP contribution in [0.4, 0.5) is 0 Å². The molecule has 0 aliphatic carbocycles. The zero-order chi connectivity index (χ0) is 17.8. The first-order chi connectivity index (χ1) is 12.1. The summed E-state index contributed by atoms with van der Waals surface area (Å²) in [6.45, 7) is -0.125. The van der Waals surface area contributed by atoms with E-state index in [1.165, 1.54) is 11.3 Å². The zero-order valence-electron chi connectivity index (χ0n) is 12.8. The summed E-state index contributed by atoms with van der Waals surface area (Å²) in [6.07, 6.45) is 0. The third-order valence-corrected chi connectivity index (χ3v) is 5.16. The van der Waals surface area contributed by atoms with Crippen molar-refractivity contribution in [1.82, 2.24) is 0 Å². The molecular formula is C19H11Cl2NO2S. The van der Waals surface area contributed by atoms with Gasteiger partial charge in [0.15, 0.2) is 17.5 Å². The van der Waals surface area contributed by atoms with E-state index in [1.807, 2.05) is 6.07 Å². The molecule has 3 nitrogen and oxygen atoms in total. The molecule has 0 aliphatic heterocycles. The van der Waals surface area contributed by atoms with Crippen molar-refractivity contribution in [3.8, 4) is 22.3 Å². The molecule has 0 saturated heterocycles. The minimum Gasteiger partial charge on any atom is -0.474 e. The number of ketones is 1. The summed E-state index contributed by atoms with van der Waals surface area (Å²) in [5, 5.41) is 12.6. The second kappa shape index (κ2) is 7.71. The number of thiophene rings is 1. The number of halogens is 2. The lowest BCUT2D eigenvalue weighted by molar-refractivity contribution is 0.0924. The van der Waals surface area contributed by atoms with Crippen molar-refractivity contribution in [2.24, 2.45) is 0 Å². The van der Waals surface area contributed by atoms with Gasteiger partial charge in [-0.15, -0.1) is 11.3 Å². The summed E-state index contributed by atoms with van der Waals surface area (Å²) in [5.74, 6) is -0.144. The van der Waals surface area contributed by atoms with Crippen LogP contribution < -0.4 is 4.74 Å². The van der Waals surface area contributed by atoms with Gasteiger partial charge in [0, 0.05) is 16.5 Å². The molecule has 124 valence electrons. The summed E-state index contributed by atoms with van der Waals surface area (Å²) in [4.78, 5) is 12.1. The largest absolute Gasteiger partial charge is 0.474 e. The number of nitrogens with zero attached hydrogens (tertiary/aromatic N) is 1. The lowest BCUT2D eigenvalue weighted by atomic mass is 10.1. The molecular weight excluding hydrogens is 377 g/mol. The van der Waals surface area contributed by atoms with E-state index in [4.69, 9.17) is 27.9 Å². The normalized spacial score (nSPS) is 10.3. The quantitative estimate of drug-likeness (QED) is 0.515. The Bertz CT molecular complexity index is 961. The summed E-state index contributed by atoms with van der Waals surface area (Å²) in [6, 6.07) is 16.2. The Morgan fingerprint density at radius 3 is 2.56 bits per heavy atom. The Morgan fingerprint density at radius 2 is 1.88 bits per heavy atom. The maximum Gasteiger partial charge on any atom is 0.200 e. The number of hydrogen-bond donors (Lipinski definition) is 0. The van der Waals surface area contributed by atoms with Crippen LogP contribution in [0.15, 0.2) is 53.9 Å². The van der Waals surface area contributed by atoms with Gasteiger partial charge in [-0.05, 0) is 17.7 Å². The van der Waals surface area contributed by atoms with Gasteiger partial charge < -0.3 is 4.74 Å². The van der Waals surface area contributed by atoms with Gasteiger partial charge in [0.2, 0.25) is 0 Å². The Labute approximate surface area is 159 Å². The summed E-state index contributed by atoms with van der Waals surface area (Å²) < 4.78 is 5.59. The standard InChI is InChI=1S/C19H11Cl2NO2S/c20-16-7-6-13(8-17(16)21)15-11-25-19(14(15)9-22)24-10-18(23)12-4-2-1-3-5-12/h1-8,11H,10H2. The highest BCUT2D eigenvalue weighted by atomic mass is 35.5. The molecule has 0 N–H and O–H groups in total. The second-order valence-corrected chi connectivity index (χ2v) is 6.79. The first-order valence-corrected chi connectivity index (χ1v) is 8.91. The molecule has 25 heavy (non-hydrogen) atoms. The van der Waals surface area contributed by atoms with Crippen LogP contribution in [0.25, 0.3) is 11.1 Å². The Balaban J connectivity index is 1.82. The highest BCUT2D eigenvalue weighted by molar-refractivity contribution is 7.12. The molecule has 0 bridgehead atoms. The minimum atomic E-state index is -0.144. The van der Waals surface area contributed by atoms with Gasteiger partial charge >= 0.3 is 0 Å². The van der Waals surface area contributed by atoms with Gasteiger partial charge in [-0.2, -0.15) is 5.26 Å². The molecule has 0 spiro atoms. The molecule has 6 heteroatoms. The maximum atomic E-state index is 12.1. The van der Waals surface area contributed by atoms with E-state index in [9.17, 15) is 10.1 Å². The van der Waals surface area contributed by atoms with Gasteiger partial charge in [-0.3, -0.25) is 4.79 Å². The van der Waals surface area contributed by atoms with E-state index in [0.29, 0.717) is 31.8 Å². The van der Waals surface area contributed by atoms with E-state index in [-0.39, 0.29) is 12.4 Å². The van der Waals surface area contributed by atoms with Crippen molar-refractivity contribution >= 4 is 40.3 Å². The van der Waals surface area contributed by atoms with E-state index in [2.05, 4.69) is 6.07 Å². The molecule has 3 rings (SSSR count). The molecule has 0 unspecified atom stereocenters. The SMILES string of the molecule is N#Cc1c(-c2ccc(Cl)c(Cl)c2)csc1OCC(=O)c1ccccc1. The van der Waals surface area contributed by atoms with Crippen LogP contribution in [0.2, 0.25) is 10.0 Å². The van der Waals surface area contributed by atoms with E-state index < -0.39 is 0 Å². The average molecular weight is 388 g/mol. The topological polar surface area (TPSA) is 50.1 Å². The first-order valence-electron chi connectivity index (χ1n) is 7.28. The molecule has 1 aromatic heterocycles. The maximum absolute atomic E-state index is 12.1. The first kappa shape index (κ1) is 17.5. The van der Waals surface area contributed by atoms with Crippen LogP contribution in [0, 0.1) is 11.3 Å². The zero-order valence-corrected chi connectivity index (χ0v) is 15.2. The van der Waals surface area contributed by atoms with E-state index >= 15 is 0 Å². The molecule has 0 aliphatic rings. The van der Waals surface area contributed by atoms with Crippen molar-refractivity contribution in [2.45, 2.75) is 0 Å². The van der Waals surface area contributed by atoms with Crippen molar-refractivity contribution in [1.29, 1.82) is 5.26 Å². The highest BCUT2D eigenvalue weighted by Gasteiger charge is 2.16. The average Bonchev–Trinajstić information content (AvgIpc) is 3.05. The smallest absolute Gasteiger partial charge is 0.200 e. The van der Waals surface area contributed by atoms with Crippen LogP contribution >= 0.6 is 34.5 Å². The van der Waals surface area contributed by atoms with Crippen molar-refractivity contribution in [2.75, 3.05) is 6.61 Å². The van der Waals surface area contributed by atoms with Crippen molar-refractivity contribution < 1.29 is 9.53 Å². The molecule has 3 aromatic rings. The fraction of sp³-hybridized carbons (Fsp3) is 0.0526. The lowest BCUT2D eigenvalue weighted by Gasteiger charge is -2.05. The Morgan fingerprint density at radius 1 is 1.12 bits per heavy atom. The molecule has 0 radical (unpaired) electrons. The lowest BCUT2D eigenvalue weighted by Crippen LogP contribution is -2.11. The predicted molar refractivity (Wildman–Crippen MR) is 101 cm³/mol.